The van der Waals surface area contributed by atoms with Gasteiger partial charge in [0.2, 0.25) is 0 Å². The van der Waals surface area contributed by atoms with E-state index in [1.54, 1.807) is 13.2 Å². The van der Waals surface area contributed by atoms with Crippen molar-refractivity contribution in [3.8, 4) is 11.8 Å². The molecule has 3 rings (SSSR count). The summed E-state index contributed by atoms with van der Waals surface area (Å²) in [6.45, 7) is 0.367. The van der Waals surface area contributed by atoms with Crippen LogP contribution in [-0.4, -0.2) is 17.1 Å². The van der Waals surface area contributed by atoms with Crippen LogP contribution in [0.5, 0.6) is 5.75 Å². The monoisotopic (exact) mass is 380 g/mol. The van der Waals surface area contributed by atoms with Gasteiger partial charge in [-0.15, -0.1) is 0 Å². The number of nitrogens with one attached hydrogen (secondary N) is 2. The number of anilines is 1. The van der Waals surface area contributed by atoms with Crippen LogP contribution >= 0.6 is 11.6 Å². The van der Waals surface area contributed by atoms with Crippen molar-refractivity contribution in [2.75, 3.05) is 12.4 Å². The fourth-order valence-electron chi connectivity index (χ4n) is 2.70. The lowest BCUT2D eigenvalue weighted by Gasteiger charge is -2.11. The summed E-state index contributed by atoms with van der Waals surface area (Å²) in [5.74, 6) is 1.40. The third-order valence-electron chi connectivity index (χ3n) is 3.98. The minimum Gasteiger partial charge on any atom is -0.496 e. The number of H-pyrrole nitrogens is 1. The Bertz CT molecular complexity index is 1060. The number of methoxy groups -OCH3 is 1. The molecule has 1 heterocycles. The molecule has 0 amide bonds. The van der Waals surface area contributed by atoms with Gasteiger partial charge in [-0.25, -0.2) is 4.98 Å². The van der Waals surface area contributed by atoms with Crippen LogP contribution in [0, 0.1) is 11.3 Å². The highest BCUT2D eigenvalue weighted by Crippen LogP contribution is 2.19. The van der Waals surface area contributed by atoms with Crippen LogP contribution in [0.25, 0.3) is 0 Å². The smallest absolute Gasteiger partial charge is 0.271 e. The van der Waals surface area contributed by atoms with Gasteiger partial charge in [0, 0.05) is 23.6 Å². The summed E-state index contributed by atoms with van der Waals surface area (Å²) in [7, 11) is 1.59. The molecule has 0 atom stereocenters. The summed E-state index contributed by atoms with van der Waals surface area (Å²) in [6.07, 6.45) is 0.394. The zero-order chi connectivity index (χ0) is 19.2. The second-order valence-electron chi connectivity index (χ2n) is 5.82. The first-order valence-corrected chi connectivity index (χ1v) is 8.62. The predicted molar refractivity (Wildman–Crippen MR) is 104 cm³/mol. The van der Waals surface area contributed by atoms with E-state index in [-0.39, 0.29) is 11.4 Å². The number of nitriles is 1. The van der Waals surface area contributed by atoms with Crippen LogP contribution in [0.3, 0.4) is 0 Å². The van der Waals surface area contributed by atoms with Crippen molar-refractivity contribution in [3.05, 3.63) is 86.4 Å². The lowest BCUT2D eigenvalue weighted by atomic mass is 10.1. The maximum absolute atomic E-state index is 12.3. The van der Waals surface area contributed by atoms with Gasteiger partial charge in [-0.3, -0.25) is 4.79 Å². The Balaban J connectivity index is 1.88. The molecule has 3 aromatic rings. The molecule has 0 saturated heterocycles. The zero-order valence-electron chi connectivity index (χ0n) is 14.6. The summed E-state index contributed by atoms with van der Waals surface area (Å²) < 4.78 is 5.32. The molecule has 1 aromatic heterocycles. The average molecular weight is 381 g/mol. The van der Waals surface area contributed by atoms with E-state index < -0.39 is 5.56 Å². The van der Waals surface area contributed by atoms with Crippen molar-refractivity contribution in [2.45, 2.75) is 13.0 Å². The summed E-state index contributed by atoms with van der Waals surface area (Å²) in [5.41, 5.74) is 1.26. The van der Waals surface area contributed by atoms with Gasteiger partial charge < -0.3 is 15.0 Å². The van der Waals surface area contributed by atoms with Crippen molar-refractivity contribution >= 4 is 17.4 Å². The molecule has 2 N–H and O–H groups in total. The topological polar surface area (TPSA) is 90.8 Å². The van der Waals surface area contributed by atoms with Crippen molar-refractivity contribution in [1.82, 2.24) is 9.97 Å². The molecule has 0 unspecified atom stereocenters. The Morgan fingerprint density at radius 2 is 2.07 bits per heavy atom. The average Bonchev–Trinajstić information content (AvgIpc) is 2.66. The molecule has 7 heteroatoms. The van der Waals surface area contributed by atoms with E-state index in [1.165, 1.54) is 0 Å². The number of nitrogens with zero attached hydrogens (tertiary/aromatic N) is 2. The van der Waals surface area contributed by atoms with Gasteiger partial charge in [-0.2, -0.15) is 5.26 Å². The quantitative estimate of drug-likeness (QED) is 0.682. The maximum atomic E-state index is 12.3. The number of para-hydroxylation sites is 1. The lowest BCUT2D eigenvalue weighted by molar-refractivity contribution is 0.410. The van der Waals surface area contributed by atoms with E-state index in [0.717, 1.165) is 11.1 Å². The van der Waals surface area contributed by atoms with Crippen LogP contribution in [0.1, 0.15) is 22.5 Å². The molecule has 0 bridgehead atoms. The SMILES string of the molecule is COc1ccccc1CNc1nc(Cc2cccc(Cl)c2)[nH]c(=O)c1C#N. The first kappa shape index (κ1) is 18.5. The second-order valence-corrected chi connectivity index (χ2v) is 6.26. The molecule has 0 spiro atoms. The van der Waals surface area contributed by atoms with E-state index in [9.17, 15) is 10.1 Å². The minimum absolute atomic E-state index is 0.0558. The van der Waals surface area contributed by atoms with Crippen LogP contribution < -0.4 is 15.6 Å². The van der Waals surface area contributed by atoms with Gasteiger partial charge >= 0.3 is 0 Å². The number of hydrogen-bond acceptors (Lipinski definition) is 5. The zero-order valence-corrected chi connectivity index (χ0v) is 15.4. The number of hydrogen-bond donors (Lipinski definition) is 2. The largest absolute Gasteiger partial charge is 0.496 e. The highest BCUT2D eigenvalue weighted by Gasteiger charge is 2.12. The van der Waals surface area contributed by atoms with E-state index in [1.807, 2.05) is 48.5 Å². The fraction of sp³-hybridized carbons (Fsp3) is 0.150. The Kier molecular flexibility index (Phi) is 5.74. The van der Waals surface area contributed by atoms with Crippen LogP contribution in [0.2, 0.25) is 5.02 Å². The molecule has 27 heavy (non-hydrogen) atoms. The summed E-state index contributed by atoms with van der Waals surface area (Å²) >= 11 is 6.01. The fourth-order valence-corrected chi connectivity index (χ4v) is 2.92. The van der Waals surface area contributed by atoms with Gasteiger partial charge in [-0.05, 0) is 23.8 Å². The molecule has 0 aliphatic rings. The first-order valence-electron chi connectivity index (χ1n) is 8.24. The molecule has 0 fully saturated rings. The normalized spacial score (nSPS) is 10.3. The Morgan fingerprint density at radius 1 is 1.26 bits per heavy atom. The molecular weight excluding hydrogens is 364 g/mol. The van der Waals surface area contributed by atoms with Gasteiger partial charge in [0.05, 0.1) is 7.11 Å². The molecule has 0 radical (unpaired) electrons. The third-order valence-corrected chi connectivity index (χ3v) is 4.21. The number of rotatable bonds is 6. The maximum Gasteiger partial charge on any atom is 0.271 e. The molecule has 0 aliphatic carbocycles. The van der Waals surface area contributed by atoms with Gasteiger partial charge in [0.1, 0.15) is 17.6 Å². The summed E-state index contributed by atoms with van der Waals surface area (Å²) in [5, 5.41) is 13.0. The third kappa shape index (κ3) is 4.46. The predicted octanol–water partition coefficient (Wildman–Crippen LogP) is 3.51. The van der Waals surface area contributed by atoms with Gasteiger partial charge in [0.15, 0.2) is 11.4 Å². The number of halogens is 1. The van der Waals surface area contributed by atoms with Crippen molar-refractivity contribution in [1.29, 1.82) is 5.26 Å². The van der Waals surface area contributed by atoms with Crippen molar-refractivity contribution in [3.63, 3.8) is 0 Å². The van der Waals surface area contributed by atoms with Crippen LogP contribution in [-0.2, 0) is 13.0 Å². The Hall–Kier alpha value is -3.30. The van der Waals surface area contributed by atoms with E-state index >= 15 is 0 Å². The first-order chi connectivity index (χ1) is 13.1. The number of aromatic nitrogens is 2. The minimum atomic E-state index is -0.480. The van der Waals surface area contributed by atoms with Crippen LogP contribution in [0.15, 0.2) is 53.3 Å². The molecule has 0 saturated carbocycles. The summed E-state index contributed by atoms with van der Waals surface area (Å²) in [6, 6.07) is 16.7. The van der Waals surface area contributed by atoms with E-state index in [2.05, 4.69) is 15.3 Å². The second kappa shape index (κ2) is 8.39. The van der Waals surface area contributed by atoms with Crippen molar-refractivity contribution in [2.24, 2.45) is 0 Å². The Labute approximate surface area is 161 Å². The number of ether oxygens (including phenoxy) is 1. The Morgan fingerprint density at radius 3 is 2.81 bits per heavy atom. The summed E-state index contributed by atoms with van der Waals surface area (Å²) in [4.78, 5) is 19.4. The highest BCUT2D eigenvalue weighted by atomic mass is 35.5. The molecule has 136 valence electrons. The molecule has 0 aliphatic heterocycles. The lowest BCUT2D eigenvalue weighted by Crippen LogP contribution is -2.19. The van der Waals surface area contributed by atoms with Gasteiger partial charge in [0.25, 0.3) is 5.56 Å². The van der Waals surface area contributed by atoms with E-state index in [0.29, 0.717) is 29.6 Å². The van der Waals surface area contributed by atoms with Crippen LogP contribution in [0.4, 0.5) is 5.82 Å². The molecule has 2 aromatic carbocycles. The number of aromatic amines is 1. The molecule has 6 nitrogen and oxygen atoms in total. The van der Waals surface area contributed by atoms with Gasteiger partial charge in [-0.1, -0.05) is 41.9 Å². The number of benzene rings is 2. The van der Waals surface area contributed by atoms with E-state index in [4.69, 9.17) is 16.3 Å². The van der Waals surface area contributed by atoms with Crippen molar-refractivity contribution < 1.29 is 4.74 Å². The molecular formula is C20H17ClN4O2. The standard InChI is InChI=1S/C20H17ClN4O2/c1-27-17-8-3-2-6-14(17)12-23-19-16(11-22)20(26)25-18(24-19)10-13-5-4-7-15(21)9-13/h2-9H,10,12H2,1H3,(H2,23,24,25,26). The highest BCUT2D eigenvalue weighted by molar-refractivity contribution is 6.30.